The zero-order valence-corrected chi connectivity index (χ0v) is 43.6. The Balaban J connectivity index is 0.768. The molecular weight excluding hydrogens is 936 g/mol. The van der Waals surface area contributed by atoms with E-state index in [0.29, 0.717) is 27.7 Å². The van der Waals surface area contributed by atoms with E-state index >= 15 is 0 Å². The third-order valence-corrected chi connectivity index (χ3v) is 16.2. The molecule has 14 nitrogen and oxygen atoms in total. The molecule has 3 aliphatic rings. The summed E-state index contributed by atoms with van der Waals surface area (Å²) in [7, 11) is 0. The number of anilines is 1. The fourth-order valence-corrected chi connectivity index (χ4v) is 12.2. The van der Waals surface area contributed by atoms with E-state index in [1.54, 1.807) is 29.5 Å². The number of nitrogens with one attached hydrogen (secondary N) is 2. The van der Waals surface area contributed by atoms with E-state index in [-0.39, 0.29) is 65.6 Å². The quantitative estimate of drug-likeness (QED) is 0.0758. The van der Waals surface area contributed by atoms with Crippen LogP contribution in [0.25, 0.3) is 10.4 Å². The number of likely N-dealkylation sites (tertiary alicyclic amines) is 1. The summed E-state index contributed by atoms with van der Waals surface area (Å²) >= 11 is 7.86. The number of hydrogen-bond donors (Lipinski definition) is 3. The van der Waals surface area contributed by atoms with Crippen LogP contribution >= 0.6 is 22.9 Å². The number of aliphatic hydroxyl groups excluding tert-OH is 1. The number of aryl methyl sites for hydroxylation is 2. The van der Waals surface area contributed by atoms with E-state index in [1.165, 1.54) is 4.90 Å². The van der Waals surface area contributed by atoms with Crippen LogP contribution in [0.5, 0.6) is 5.75 Å². The standard InChI is InChI=1S/C55H67ClN8O6S/c1-33(2)47(51(68)64-31-42(65)28-45(64)50(67)59-34(3)36-12-14-37(15-13-36)48-35(4)58-32-71-48)46-27-40(61-70-46)11-9-10-22-62-23-25-63(26-24-62)41-19-16-38(17-20-41)49(66)60-52-54(5,6)53(55(52,7)8)69-43-21-18-39(30-57)44(56)29-43/h12-21,27,29,32-34,42,45,47,52-53,65H,9-11,22-26,28,31H2,1-8H3,(H,59,67)(H,60,66)/t34-,42+,45-,47-,52?,53?/m0/s1. The van der Waals surface area contributed by atoms with Gasteiger partial charge in [0.1, 0.15) is 35.6 Å². The topological polar surface area (TPSA) is 177 Å². The van der Waals surface area contributed by atoms with Gasteiger partial charge in [-0.2, -0.15) is 5.26 Å². The van der Waals surface area contributed by atoms with Gasteiger partial charge in [-0.1, -0.05) is 82.6 Å². The lowest BCUT2D eigenvalue weighted by atomic mass is 9.49. The number of carbonyl (C=O) groups is 3. The largest absolute Gasteiger partial charge is 0.489 e. The number of unbranched alkanes of at least 4 members (excludes halogenated alkanes) is 1. The lowest BCUT2D eigenvalue weighted by Gasteiger charge is -2.63. The number of ether oxygens (including phenoxy) is 1. The highest BCUT2D eigenvalue weighted by atomic mass is 35.5. The highest BCUT2D eigenvalue weighted by Gasteiger charge is 2.64. The number of hydrogen-bond acceptors (Lipinski definition) is 12. The zero-order chi connectivity index (χ0) is 50.8. The molecule has 2 aliphatic heterocycles. The number of nitriles is 1. The molecule has 5 aromatic rings. The van der Waals surface area contributed by atoms with Crippen molar-refractivity contribution in [3.63, 3.8) is 0 Å². The Hall–Kier alpha value is -5.79. The maximum atomic E-state index is 14.2. The van der Waals surface area contributed by atoms with Gasteiger partial charge < -0.3 is 34.8 Å². The third-order valence-electron chi connectivity index (χ3n) is 14.9. The average molecular weight is 1000 g/mol. The highest BCUT2D eigenvalue weighted by molar-refractivity contribution is 7.13. The van der Waals surface area contributed by atoms with Crippen molar-refractivity contribution >= 4 is 46.3 Å². The summed E-state index contributed by atoms with van der Waals surface area (Å²) in [6.07, 6.45) is 1.80. The lowest BCUT2D eigenvalue weighted by molar-refractivity contribution is -0.164. The summed E-state index contributed by atoms with van der Waals surface area (Å²) in [5.74, 6) is -0.358. The van der Waals surface area contributed by atoms with Crippen LogP contribution in [0.15, 0.2) is 82.8 Å². The molecule has 8 rings (SSSR count). The summed E-state index contributed by atoms with van der Waals surface area (Å²) < 4.78 is 12.2. The summed E-state index contributed by atoms with van der Waals surface area (Å²) in [6, 6.07) is 23.7. The first-order valence-corrected chi connectivity index (χ1v) is 26.1. The van der Waals surface area contributed by atoms with Crippen LogP contribution < -0.4 is 20.3 Å². The van der Waals surface area contributed by atoms with Gasteiger partial charge in [0, 0.05) is 79.4 Å². The van der Waals surface area contributed by atoms with Gasteiger partial charge in [0.05, 0.1) is 44.5 Å². The number of halogens is 1. The average Bonchev–Trinajstić information content (AvgIpc) is 4.11. The number of amides is 3. The second-order valence-electron chi connectivity index (χ2n) is 21.1. The van der Waals surface area contributed by atoms with Crippen molar-refractivity contribution in [3.8, 4) is 22.3 Å². The van der Waals surface area contributed by atoms with Crippen molar-refractivity contribution in [1.82, 2.24) is 30.6 Å². The maximum Gasteiger partial charge on any atom is 0.251 e. The van der Waals surface area contributed by atoms with E-state index in [1.807, 2.05) is 87.8 Å². The molecule has 4 heterocycles. The number of thiazole rings is 1. The number of aliphatic hydroxyl groups is 1. The van der Waals surface area contributed by atoms with Crippen LogP contribution in [0.1, 0.15) is 118 Å². The Morgan fingerprint density at radius 3 is 2.31 bits per heavy atom. The Bertz CT molecular complexity index is 2710. The van der Waals surface area contributed by atoms with Gasteiger partial charge in [-0.3, -0.25) is 19.3 Å². The lowest BCUT2D eigenvalue weighted by Crippen LogP contribution is -2.74. The van der Waals surface area contributed by atoms with Crippen molar-refractivity contribution in [3.05, 3.63) is 117 Å². The molecule has 4 atom stereocenters. The first kappa shape index (κ1) is 51.6. The molecule has 0 spiro atoms. The number of carbonyl (C=O) groups excluding carboxylic acids is 3. The fourth-order valence-electron chi connectivity index (χ4n) is 11.2. The van der Waals surface area contributed by atoms with Crippen molar-refractivity contribution < 1.29 is 28.8 Å². The summed E-state index contributed by atoms with van der Waals surface area (Å²) in [5, 5.41) is 31.1. The Morgan fingerprint density at radius 1 is 0.972 bits per heavy atom. The first-order valence-electron chi connectivity index (χ1n) is 24.8. The van der Waals surface area contributed by atoms with Gasteiger partial charge in [0.15, 0.2) is 0 Å². The van der Waals surface area contributed by atoms with Gasteiger partial charge in [-0.15, -0.1) is 11.3 Å². The van der Waals surface area contributed by atoms with Gasteiger partial charge in [-0.25, -0.2) is 4.98 Å². The van der Waals surface area contributed by atoms with Crippen LogP contribution in [-0.4, -0.2) is 106 Å². The monoisotopic (exact) mass is 1000 g/mol. The van der Waals surface area contributed by atoms with Crippen LogP contribution in [-0.2, 0) is 16.0 Å². The molecule has 16 heteroatoms. The number of β-amino-alcohol motifs (C(OH)–C–C–N with tert-alkyl or cyclic N) is 1. The molecule has 3 fully saturated rings. The van der Waals surface area contributed by atoms with Crippen molar-refractivity contribution in [1.29, 1.82) is 5.26 Å². The molecule has 1 saturated carbocycles. The second-order valence-corrected chi connectivity index (χ2v) is 22.4. The predicted octanol–water partition coefficient (Wildman–Crippen LogP) is 8.97. The normalized spacial score (nSPS) is 21.5. The van der Waals surface area contributed by atoms with Gasteiger partial charge in [0.25, 0.3) is 5.91 Å². The molecule has 2 aromatic heterocycles. The molecule has 1 aliphatic carbocycles. The smallest absolute Gasteiger partial charge is 0.251 e. The predicted molar refractivity (Wildman–Crippen MR) is 276 cm³/mol. The summed E-state index contributed by atoms with van der Waals surface area (Å²) in [6.45, 7) is 20.9. The molecule has 3 aromatic carbocycles. The maximum absolute atomic E-state index is 14.2. The van der Waals surface area contributed by atoms with E-state index < -0.39 is 18.1 Å². The Morgan fingerprint density at radius 2 is 1.68 bits per heavy atom. The summed E-state index contributed by atoms with van der Waals surface area (Å²) in [5.41, 5.74) is 7.01. The molecule has 0 unspecified atom stereocenters. The Labute approximate surface area is 426 Å². The molecule has 3 N–H and O–H groups in total. The fraction of sp³-hybridized carbons (Fsp3) is 0.491. The van der Waals surface area contributed by atoms with Crippen LogP contribution in [0, 0.1) is 35.0 Å². The third kappa shape index (κ3) is 11.2. The van der Waals surface area contributed by atoms with Crippen molar-refractivity contribution in [2.45, 2.75) is 117 Å². The van der Waals surface area contributed by atoms with E-state index in [0.717, 1.165) is 85.1 Å². The van der Waals surface area contributed by atoms with Crippen molar-refractivity contribution in [2.75, 3.05) is 44.2 Å². The van der Waals surface area contributed by atoms with E-state index in [9.17, 15) is 24.8 Å². The molecule has 3 amide bonds. The van der Waals surface area contributed by atoms with Gasteiger partial charge in [0.2, 0.25) is 11.8 Å². The summed E-state index contributed by atoms with van der Waals surface area (Å²) in [4.78, 5) is 53.4. The molecular formula is C55H67ClN8O6S. The van der Waals surface area contributed by atoms with Crippen molar-refractivity contribution in [2.24, 2.45) is 16.7 Å². The number of rotatable bonds is 17. The first-order chi connectivity index (χ1) is 33.8. The zero-order valence-electron chi connectivity index (χ0n) is 42.1. The molecule has 376 valence electrons. The SMILES string of the molecule is Cc1ncsc1-c1ccc([C@H](C)NC(=O)[C@@H]2C[C@@H](O)CN2C(=O)[C@H](c2cc(CCCCN3CCN(c4ccc(C(=O)NC5C(C)(C)C(Oc6ccc(C#N)c(Cl)c6)C5(C)C)cc4)CC3)no2)C(C)C)cc1. The minimum atomic E-state index is -0.806. The van der Waals surface area contributed by atoms with Gasteiger partial charge in [-0.05, 0) is 93.1 Å². The number of aromatic nitrogens is 2. The van der Waals surface area contributed by atoms with Crippen LogP contribution in [0.2, 0.25) is 5.02 Å². The Kier molecular flexibility index (Phi) is 15.6. The van der Waals surface area contributed by atoms with E-state index in [2.05, 4.69) is 64.3 Å². The van der Waals surface area contributed by atoms with Crippen LogP contribution in [0.3, 0.4) is 0 Å². The number of benzene rings is 3. The minimum Gasteiger partial charge on any atom is -0.489 e. The van der Waals surface area contributed by atoms with Gasteiger partial charge >= 0.3 is 0 Å². The number of nitrogens with zero attached hydrogens (tertiary/aromatic N) is 6. The number of piperazine rings is 1. The molecule has 0 bridgehead atoms. The molecule has 71 heavy (non-hydrogen) atoms. The molecule has 0 radical (unpaired) electrons. The second kappa shape index (κ2) is 21.5. The van der Waals surface area contributed by atoms with E-state index in [4.69, 9.17) is 20.9 Å². The molecule has 2 saturated heterocycles. The van der Waals surface area contributed by atoms with Crippen LogP contribution in [0.4, 0.5) is 5.69 Å². The highest BCUT2D eigenvalue weighted by Crippen LogP contribution is 2.55. The minimum absolute atomic E-state index is 0.0783.